The number of nitrogens with zero attached hydrogens (tertiary/aromatic N) is 2. The van der Waals surface area contributed by atoms with E-state index in [4.69, 9.17) is 5.11 Å². The van der Waals surface area contributed by atoms with Gasteiger partial charge in [0, 0.05) is 10.3 Å². The summed E-state index contributed by atoms with van der Waals surface area (Å²) < 4.78 is 0. The van der Waals surface area contributed by atoms with Crippen molar-refractivity contribution in [3.63, 3.8) is 0 Å². The quantitative estimate of drug-likeness (QED) is 0.585. The summed E-state index contributed by atoms with van der Waals surface area (Å²) in [4.78, 5) is 21.6. The Morgan fingerprint density at radius 3 is 2.76 bits per heavy atom. The lowest BCUT2D eigenvalue weighted by Gasteiger charge is -2.01. The van der Waals surface area contributed by atoms with E-state index >= 15 is 0 Å². The van der Waals surface area contributed by atoms with Gasteiger partial charge < -0.3 is 5.11 Å². The van der Waals surface area contributed by atoms with Crippen molar-refractivity contribution in [2.24, 2.45) is 0 Å². The Balaban J connectivity index is 2.08. The molecule has 0 fully saturated rings. The average molecular weight is 316 g/mol. The number of rotatable bonds is 4. The molecule has 4 nitrogen and oxygen atoms in total. The van der Waals surface area contributed by atoms with E-state index < -0.39 is 5.97 Å². The first-order chi connectivity index (χ1) is 10.1. The highest BCUT2D eigenvalue weighted by atomic mass is 32.2. The summed E-state index contributed by atoms with van der Waals surface area (Å²) in [5, 5.41) is 10.5. The van der Waals surface area contributed by atoms with Gasteiger partial charge in [0.15, 0.2) is 0 Å². The molecule has 6 heteroatoms. The SMILES string of the molecule is Cc1nc(SCC(=O)O)c2cc(-c3ccccc3)sc2n1. The largest absolute Gasteiger partial charge is 0.481 e. The van der Waals surface area contributed by atoms with Gasteiger partial charge in [0.2, 0.25) is 0 Å². The standard InChI is InChI=1S/C15H12N2O2S2/c1-9-16-14(20-8-13(18)19)11-7-12(21-15(11)17-9)10-5-3-2-4-6-10/h2-7H,8H2,1H3,(H,18,19). The molecule has 0 spiro atoms. The van der Waals surface area contributed by atoms with Crippen LogP contribution in [0.15, 0.2) is 41.4 Å². The molecule has 0 saturated heterocycles. The molecule has 0 saturated carbocycles. The fraction of sp³-hybridized carbons (Fsp3) is 0.133. The van der Waals surface area contributed by atoms with Crippen molar-refractivity contribution in [1.29, 1.82) is 0 Å². The van der Waals surface area contributed by atoms with Gasteiger partial charge in [-0.2, -0.15) is 0 Å². The molecule has 2 aromatic heterocycles. The Hall–Kier alpha value is -1.92. The van der Waals surface area contributed by atoms with Crippen molar-refractivity contribution >= 4 is 39.3 Å². The highest BCUT2D eigenvalue weighted by Gasteiger charge is 2.13. The Kier molecular flexibility index (Phi) is 3.90. The van der Waals surface area contributed by atoms with Gasteiger partial charge in [-0.3, -0.25) is 4.79 Å². The van der Waals surface area contributed by atoms with Crippen molar-refractivity contribution < 1.29 is 9.90 Å². The predicted molar refractivity (Wildman–Crippen MR) is 85.9 cm³/mol. The monoisotopic (exact) mass is 316 g/mol. The molecule has 0 aliphatic carbocycles. The Morgan fingerprint density at radius 1 is 1.29 bits per heavy atom. The van der Waals surface area contributed by atoms with E-state index in [9.17, 15) is 4.79 Å². The van der Waals surface area contributed by atoms with Gasteiger partial charge in [-0.05, 0) is 18.6 Å². The number of thioether (sulfide) groups is 1. The number of hydrogen-bond acceptors (Lipinski definition) is 5. The van der Waals surface area contributed by atoms with Crippen LogP contribution in [-0.4, -0.2) is 26.8 Å². The highest BCUT2D eigenvalue weighted by Crippen LogP contribution is 2.36. The van der Waals surface area contributed by atoms with Crippen LogP contribution in [0.25, 0.3) is 20.7 Å². The molecule has 1 N–H and O–H groups in total. The van der Waals surface area contributed by atoms with Crippen LogP contribution in [0.1, 0.15) is 5.82 Å². The number of fused-ring (bicyclic) bond motifs is 1. The molecule has 0 unspecified atom stereocenters. The zero-order chi connectivity index (χ0) is 14.8. The number of aliphatic carboxylic acids is 1. The third kappa shape index (κ3) is 3.06. The van der Waals surface area contributed by atoms with Crippen molar-refractivity contribution in [3.8, 4) is 10.4 Å². The smallest absolute Gasteiger partial charge is 0.313 e. The van der Waals surface area contributed by atoms with E-state index in [1.807, 2.05) is 31.2 Å². The predicted octanol–water partition coefficient (Wildman–Crippen LogP) is 3.84. The third-order valence-corrected chi connectivity index (χ3v) is 4.91. The first-order valence-corrected chi connectivity index (χ1v) is 8.12. The van der Waals surface area contributed by atoms with Crippen LogP contribution in [-0.2, 0) is 4.79 Å². The van der Waals surface area contributed by atoms with Crippen LogP contribution < -0.4 is 0 Å². The number of aromatic nitrogens is 2. The molecule has 0 radical (unpaired) electrons. The van der Waals surface area contributed by atoms with Gasteiger partial charge in [-0.1, -0.05) is 42.1 Å². The van der Waals surface area contributed by atoms with Crippen LogP contribution in [0.2, 0.25) is 0 Å². The van der Waals surface area contributed by atoms with E-state index in [-0.39, 0.29) is 5.75 Å². The first-order valence-electron chi connectivity index (χ1n) is 6.31. The lowest BCUT2D eigenvalue weighted by atomic mass is 10.2. The van der Waals surface area contributed by atoms with Crippen molar-refractivity contribution in [3.05, 3.63) is 42.2 Å². The van der Waals surface area contributed by atoms with Crippen LogP contribution in [0, 0.1) is 6.92 Å². The molecule has 0 amide bonds. The lowest BCUT2D eigenvalue weighted by molar-refractivity contribution is -0.133. The van der Waals surface area contributed by atoms with E-state index in [1.54, 1.807) is 11.3 Å². The van der Waals surface area contributed by atoms with Crippen LogP contribution >= 0.6 is 23.1 Å². The first kappa shape index (κ1) is 14.0. The summed E-state index contributed by atoms with van der Waals surface area (Å²) in [6, 6.07) is 12.1. The van der Waals surface area contributed by atoms with Gasteiger partial charge >= 0.3 is 5.97 Å². The van der Waals surface area contributed by atoms with Crippen LogP contribution in [0.3, 0.4) is 0 Å². The summed E-state index contributed by atoms with van der Waals surface area (Å²) in [6.45, 7) is 1.83. The molecule has 0 aliphatic rings. The molecule has 1 aromatic carbocycles. The number of carbonyl (C=O) groups is 1. The second-order valence-electron chi connectivity index (χ2n) is 4.45. The maximum absolute atomic E-state index is 10.8. The Labute approximate surface area is 129 Å². The molecular formula is C15H12N2O2S2. The number of thiophene rings is 1. The van der Waals surface area contributed by atoms with E-state index in [2.05, 4.69) is 22.1 Å². The number of hydrogen-bond donors (Lipinski definition) is 1. The molecule has 0 bridgehead atoms. The molecule has 21 heavy (non-hydrogen) atoms. The molecule has 0 aliphatic heterocycles. The van der Waals surface area contributed by atoms with Gasteiger partial charge in [-0.15, -0.1) is 11.3 Å². The topological polar surface area (TPSA) is 63.1 Å². The second-order valence-corrected chi connectivity index (χ2v) is 6.45. The molecular weight excluding hydrogens is 304 g/mol. The number of benzene rings is 1. The van der Waals surface area contributed by atoms with Gasteiger partial charge in [-0.25, -0.2) is 9.97 Å². The summed E-state index contributed by atoms with van der Waals surface area (Å²) in [6.07, 6.45) is 0. The number of carboxylic acids is 1. The number of aryl methyl sites for hydroxylation is 1. The average Bonchev–Trinajstić information content (AvgIpc) is 2.89. The summed E-state index contributed by atoms with van der Waals surface area (Å²) in [5.41, 5.74) is 1.13. The second kappa shape index (κ2) is 5.83. The fourth-order valence-corrected chi connectivity index (χ4v) is 3.90. The minimum Gasteiger partial charge on any atom is -0.481 e. The molecule has 3 aromatic rings. The van der Waals surface area contributed by atoms with Crippen LogP contribution in [0.4, 0.5) is 0 Å². The summed E-state index contributed by atoms with van der Waals surface area (Å²) in [7, 11) is 0. The molecule has 2 heterocycles. The molecule has 3 rings (SSSR count). The zero-order valence-electron chi connectivity index (χ0n) is 11.2. The summed E-state index contributed by atoms with van der Waals surface area (Å²) in [5.74, 6) is -0.179. The highest BCUT2D eigenvalue weighted by molar-refractivity contribution is 8.00. The molecule has 106 valence electrons. The number of carboxylic acid groups (broad SMARTS) is 1. The third-order valence-electron chi connectivity index (χ3n) is 2.86. The lowest BCUT2D eigenvalue weighted by Crippen LogP contribution is -1.99. The van der Waals surface area contributed by atoms with Crippen molar-refractivity contribution in [1.82, 2.24) is 9.97 Å². The van der Waals surface area contributed by atoms with E-state index in [0.717, 1.165) is 25.7 Å². The maximum Gasteiger partial charge on any atom is 0.313 e. The summed E-state index contributed by atoms with van der Waals surface area (Å²) >= 11 is 2.84. The minimum atomic E-state index is -0.845. The van der Waals surface area contributed by atoms with Gasteiger partial charge in [0.05, 0.1) is 5.75 Å². The normalized spacial score (nSPS) is 10.9. The Bertz CT molecular complexity index is 800. The van der Waals surface area contributed by atoms with Gasteiger partial charge in [0.1, 0.15) is 15.7 Å². The van der Waals surface area contributed by atoms with E-state index in [0.29, 0.717) is 5.82 Å². The van der Waals surface area contributed by atoms with Crippen LogP contribution in [0.5, 0.6) is 0 Å². The Morgan fingerprint density at radius 2 is 2.05 bits per heavy atom. The maximum atomic E-state index is 10.8. The van der Waals surface area contributed by atoms with Gasteiger partial charge in [0.25, 0.3) is 0 Å². The van der Waals surface area contributed by atoms with Crippen molar-refractivity contribution in [2.75, 3.05) is 5.75 Å². The van der Waals surface area contributed by atoms with E-state index in [1.165, 1.54) is 11.8 Å². The minimum absolute atomic E-state index is 0.00205. The van der Waals surface area contributed by atoms with Crippen molar-refractivity contribution in [2.45, 2.75) is 11.9 Å². The fourth-order valence-electron chi connectivity index (χ4n) is 1.98. The molecule has 0 atom stereocenters. The zero-order valence-corrected chi connectivity index (χ0v) is 12.9.